The first-order valence-corrected chi connectivity index (χ1v) is 3.66. The highest BCUT2D eigenvalue weighted by atomic mass is 79.9. The van der Waals surface area contributed by atoms with Crippen LogP contribution < -0.4 is 10.6 Å². The van der Waals surface area contributed by atoms with Crippen molar-refractivity contribution in [2.45, 2.75) is 13.1 Å². The molecule has 0 aromatic heterocycles. The van der Waals surface area contributed by atoms with E-state index in [0.29, 0.717) is 0 Å². The Balaban J connectivity index is 3.57. The number of amides is 2. The second-order valence-electron chi connectivity index (χ2n) is 1.94. The van der Waals surface area contributed by atoms with E-state index in [1.165, 1.54) is 3.93 Å². The monoisotopic (exact) mass is 209 g/mol. The molecule has 10 heavy (non-hydrogen) atoms. The Morgan fingerprint density at radius 1 is 1.70 bits per heavy atom. The van der Waals surface area contributed by atoms with E-state index in [1.54, 1.807) is 14.1 Å². The molecule has 0 bridgehead atoms. The van der Waals surface area contributed by atoms with Crippen LogP contribution in [0.2, 0.25) is 0 Å². The summed E-state index contributed by atoms with van der Waals surface area (Å²) in [4.78, 5) is 10.8. The summed E-state index contributed by atoms with van der Waals surface area (Å²) in [5.41, 5.74) is 0. The highest BCUT2D eigenvalue weighted by Gasteiger charge is 2.06. The fourth-order valence-electron chi connectivity index (χ4n) is 0.346. The highest BCUT2D eigenvalue weighted by molar-refractivity contribution is 9.07. The summed E-state index contributed by atoms with van der Waals surface area (Å²) in [7, 11) is 3.40. The van der Waals surface area contributed by atoms with Gasteiger partial charge >= 0.3 is 6.03 Å². The van der Waals surface area contributed by atoms with Gasteiger partial charge < -0.3 is 10.6 Å². The second kappa shape index (κ2) is 4.51. The maximum absolute atomic E-state index is 10.8. The van der Waals surface area contributed by atoms with Gasteiger partial charge in [-0.2, -0.15) is 0 Å². The predicted molar refractivity (Wildman–Crippen MR) is 43.7 cm³/mol. The molecule has 0 fully saturated rings. The molecule has 2 amide bonds. The van der Waals surface area contributed by atoms with E-state index in [-0.39, 0.29) is 12.2 Å². The van der Waals surface area contributed by atoms with Crippen molar-refractivity contribution in [2.75, 3.05) is 14.1 Å². The molecule has 0 spiro atoms. The van der Waals surface area contributed by atoms with Crippen LogP contribution in [-0.4, -0.2) is 30.2 Å². The molecule has 4 nitrogen and oxygen atoms in total. The smallest absolute Gasteiger partial charge is 0.322 e. The number of nitrogens with zero attached hydrogens (tertiary/aromatic N) is 1. The van der Waals surface area contributed by atoms with E-state index in [2.05, 4.69) is 26.8 Å². The summed E-state index contributed by atoms with van der Waals surface area (Å²) in [5, 5.41) is 5.53. The highest BCUT2D eigenvalue weighted by Crippen LogP contribution is 1.91. The van der Waals surface area contributed by atoms with Gasteiger partial charge in [0.25, 0.3) is 0 Å². The van der Waals surface area contributed by atoms with E-state index in [9.17, 15) is 4.79 Å². The maximum atomic E-state index is 10.8. The van der Waals surface area contributed by atoms with Crippen LogP contribution >= 0.6 is 16.1 Å². The molecule has 5 heteroatoms. The average molecular weight is 210 g/mol. The molecule has 60 valence electrons. The van der Waals surface area contributed by atoms with E-state index in [0.717, 1.165) is 0 Å². The first kappa shape index (κ1) is 9.71. The summed E-state index contributed by atoms with van der Waals surface area (Å²) < 4.78 is 1.31. The van der Waals surface area contributed by atoms with Gasteiger partial charge in [-0.15, -0.1) is 0 Å². The minimum Gasteiger partial charge on any atom is -0.322 e. The van der Waals surface area contributed by atoms with Gasteiger partial charge in [0.15, 0.2) is 0 Å². The van der Waals surface area contributed by atoms with Crippen LogP contribution in [0.15, 0.2) is 0 Å². The van der Waals surface area contributed by atoms with Crippen LogP contribution in [0, 0.1) is 0 Å². The summed E-state index contributed by atoms with van der Waals surface area (Å²) >= 11 is 2.99. The Labute approximate surface area is 69.3 Å². The number of carbonyl (C=O) groups is 1. The number of urea groups is 1. The molecule has 0 aromatic carbocycles. The van der Waals surface area contributed by atoms with Gasteiger partial charge in [-0.3, -0.25) is 3.93 Å². The molecule has 0 saturated heterocycles. The Bertz CT molecular complexity index is 117. The van der Waals surface area contributed by atoms with Gasteiger partial charge in [0, 0.05) is 7.05 Å². The molecular formula is C5H12BrN3O. The van der Waals surface area contributed by atoms with Crippen LogP contribution in [0.1, 0.15) is 6.92 Å². The minimum absolute atomic E-state index is 0.00694. The zero-order valence-electron chi connectivity index (χ0n) is 6.31. The number of carbonyl (C=O) groups excluding carboxylic acids is 1. The lowest BCUT2D eigenvalue weighted by Gasteiger charge is -2.15. The van der Waals surface area contributed by atoms with Gasteiger partial charge in [-0.1, -0.05) is 0 Å². The molecule has 0 radical (unpaired) electrons. The predicted octanol–water partition coefficient (Wildman–Crippen LogP) is 0.503. The number of hydrogen-bond donors (Lipinski definition) is 2. The van der Waals surface area contributed by atoms with Crippen LogP contribution in [0.3, 0.4) is 0 Å². The quantitative estimate of drug-likeness (QED) is 0.515. The van der Waals surface area contributed by atoms with Crippen molar-refractivity contribution in [1.29, 1.82) is 0 Å². The van der Waals surface area contributed by atoms with Crippen LogP contribution in [0.4, 0.5) is 4.79 Å². The molecule has 1 atom stereocenters. The fraction of sp³-hybridized carbons (Fsp3) is 0.800. The Kier molecular flexibility index (Phi) is 4.38. The Morgan fingerprint density at radius 2 is 2.20 bits per heavy atom. The molecule has 1 unspecified atom stereocenters. The summed E-state index contributed by atoms with van der Waals surface area (Å²) in [5.74, 6) is 0. The fourth-order valence-corrected chi connectivity index (χ4v) is 0.449. The first-order valence-electron chi connectivity index (χ1n) is 2.95. The lowest BCUT2D eigenvalue weighted by molar-refractivity contribution is 0.227. The van der Waals surface area contributed by atoms with E-state index in [1.807, 2.05) is 6.92 Å². The zero-order chi connectivity index (χ0) is 8.15. The van der Waals surface area contributed by atoms with Crippen LogP contribution in [0.5, 0.6) is 0 Å². The number of hydrogen-bond acceptors (Lipinski definition) is 2. The third-order valence-corrected chi connectivity index (χ3v) is 1.37. The average Bonchev–Trinajstić information content (AvgIpc) is 1.87. The topological polar surface area (TPSA) is 44.4 Å². The molecule has 0 rings (SSSR count). The Hall–Kier alpha value is -0.290. The third kappa shape index (κ3) is 3.68. The van der Waals surface area contributed by atoms with Crippen molar-refractivity contribution < 1.29 is 4.79 Å². The molecule has 0 aliphatic rings. The number of halogens is 1. The number of nitrogens with one attached hydrogen (secondary N) is 2. The maximum Gasteiger partial charge on any atom is 0.328 e. The third-order valence-electron chi connectivity index (χ3n) is 1.05. The van der Waals surface area contributed by atoms with Gasteiger partial charge in [-0.25, -0.2) is 4.79 Å². The van der Waals surface area contributed by atoms with Gasteiger partial charge in [0.2, 0.25) is 0 Å². The van der Waals surface area contributed by atoms with Gasteiger partial charge in [-0.05, 0) is 14.0 Å². The van der Waals surface area contributed by atoms with Crippen molar-refractivity contribution in [3.63, 3.8) is 0 Å². The minimum atomic E-state index is -0.165. The lowest BCUT2D eigenvalue weighted by Crippen LogP contribution is -2.44. The summed E-state index contributed by atoms with van der Waals surface area (Å²) in [6.45, 7) is 1.86. The molecule has 0 heterocycles. The standard InChI is InChI=1S/C5H12BrN3O/c1-4(7-2)8-5(10)9(3)6/h4,7H,1-3H3,(H,8,10). The normalized spacial score (nSPS) is 12.4. The number of rotatable bonds is 2. The van der Waals surface area contributed by atoms with Crippen molar-refractivity contribution >= 4 is 22.2 Å². The summed E-state index contributed by atoms with van der Waals surface area (Å²) in [6.07, 6.45) is -0.00694. The molecule has 0 aromatic rings. The van der Waals surface area contributed by atoms with Crippen molar-refractivity contribution in [2.24, 2.45) is 0 Å². The molecule has 0 aliphatic carbocycles. The largest absolute Gasteiger partial charge is 0.328 e. The SMILES string of the molecule is CNC(C)NC(=O)N(C)Br. The molecular weight excluding hydrogens is 198 g/mol. The molecule has 0 saturated carbocycles. The van der Waals surface area contributed by atoms with E-state index in [4.69, 9.17) is 0 Å². The lowest BCUT2D eigenvalue weighted by atomic mass is 10.6. The van der Waals surface area contributed by atoms with Crippen molar-refractivity contribution in [3.8, 4) is 0 Å². The van der Waals surface area contributed by atoms with E-state index < -0.39 is 0 Å². The Morgan fingerprint density at radius 3 is 2.50 bits per heavy atom. The van der Waals surface area contributed by atoms with Crippen molar-refractivity contribution in [1.82, 2.24) is 14.6 Å². The van der Waals surface area contributed by atoms with Gasteiger partial charge in [0.05, 0.1) is 22.3 Å². The first-order chi connectivity index (χ1) is 4.57. The molecule has 0 aliphatic heterocycles. The van der Waals surface area contributed by atoms with E-state index >= 15 is 0 Å². The zero-order valence-corrected chi connectivity index (χ0v) is 7.90. The summed E-state index contributed by atoms with van der Waals surface area (Å²) in [6, 6.07) is -0.165. The van der Waals surface area contributed by atoms with Crippen molar-refractivity contribution in [3.05, 3.63) is 0 Å². The second-order valence-corrected chi connectivity index (χ2v) is 3.00. The van der Waals surface area contributed by atoms with Crippen LogP contribution in [-0.2, 0) is 0 Å². The molecule has 2 N–H and O–H groups in total. The van der Waals surface area contributed by atoms with Gasteiger partial charge in [0.1, 0.15) is 0 Å². The van der Waals surface area contributed by atoms with Crippen LogP contribution in [0.25, 0.3) is 0 Å².